The molecule has 6 nitrogen and oxygen atoms in total. The van der Waals surface area contributed by atoms with Crippen LogP contribution in [-0.2, 0) is 0 Å². The minimum Gasteiger partial charge on any atom is -0.493 e. The van der Waals surface area contributed by atoms with Crippen molar-refractivity contribution in [3.63, 3.8) is 0 Å². The molecular formula is C17H22N4O2. The van der Waals surface area contributed by atoms with Gasteiger partial charge in [-0.05, 0) is 31.7 Å². The Morgan fingerprint density at radius 1 is 1.22 bits per heavy atom. The zero-order valence-electron chi connectivity index (χ0n) is 13.6. The first-order chi connectivity index (χ1) is 11.3. The molecule has 0 spiro atoms. The molecule has 2 aromatic heterocycles. The maximum absolute atomic E-state index is 5.94. The predicted octanol–water partition coefficient (Wildman–Crippen LogP) is 2.48. The van der Waals surface area contributed by atoms with Crippen LogP contribution in [0, 0.1) is 12.8 Å². The van der Waals surface area contributed by atoms with Crippen molar-refractivity contribution < 1.29 is 9.47 Å². The summed E-state index contributed by atoms with van der Waals surface area (Å²) in [6.45, 7) is 4.65. The summed E-state index contributed by atoms with van der Waals surface area (Å²) in [5.74, 6) is 2.84. The third kappa shape index (κ3) is 3.88. The fraction of sp³-hybridized carbons (Fsp3) is 0.471. The molecule has 122 valence electrons. The molecule has 0 bridgehead atoms. The highest BCUT2D eigenvalue weighted by atomic mass is 16.5. The lowest BCUT2D eigenvalue weighted by molar-refractivity contribution is 0.221. The third-order valence-electron chi connectivity index (χ3n) is 4.17. The van der Waals surface area contributed by atoms with Gasteiger partial charge in [0, 0.05) is 43.3 Å². The average Bonchev–Trinajstić information content (AvgIpc) is 2.61. The minimum atomic E-state index is 0.560. The maximum Gasteiger partial charge on any atom is 0.228 e. The Balaban J connectivity index is 1.51. The number of ether oxygens (including phenoxy) is 2. The van der Waals surface area contributed by atoms with E-state index in [-0.39, 0.29) is 0 Å². The van der Waals surface area contributed by atoms with Gasteiger partial charge < -0.3 is 14.4 Å². The summed E-state index contributed by atoms with van der Waals surface area (Å²) in [5.41, 5.74) is 1.08. The summed E-state index contributed by atoms with van der Waals surface area (Å²) in [6.07, 6.45) is 7.49. The van der Waals surface area contributed by atoms with Crippen LogP contribution in [-0.4, -0.2) is 41.8 Å². The summed E-state index contributed by atoms with van der Waals surface area (Å²) < 4.78 is 11.1. The maximum atomic E-state index is 5.94. The predicted molar refractivity (Wildman–Crippen MR) is 88.0 cm³/mol. The Morgan fingerprint density at radius 3 is 2.78 bits per heavy atom. The van der Waals surface area contributed by atoms with Gasteiger partial charge in [0.25, 0.3) is 0 Å². The largest absolute Gasteiger partial charge is 0.493 e. The van der Waals surface area contributed by atoms with Gasteiger partial charge in [-0.1, -0.05) is 0 Å². The van der Waals surface area contributed by atoms with Crippen LogP contribution in [0.3, 0.4) is 0 Å². The van der Waals surface area contributed by atoms with Gasteiger partial charge >= 0.3 is 0 Å². The number of hydrogen-bond acceptors (Lipinski definition) is 6. The number of anilines is 1. The first-order valence-corrected chi connectivity index (χ1v) is 7.91. The number of methoxy groups -OCH3 is 1. The summed E-state index contributed by atoms with van der Waals surface area (Å²) >= 11 is 0. The van der Waals surface area contributed by atoms with Crippen molar-refractivity contribution in [3.8, 4) is 11.6 Å². The highest BCUT2D eigenvalue weighted by molar-refractivity contribution is 5.32. The summed E-state index contributed by atoms with van der Waals surface area (Å²) in [4.78, 5) is 15.0. The number of pyridine rings is 1. The normalized spacial score (nSPS) is 15.5. The fourth-order valence-electron chi connectivity index (χ4n) is 2.73. The highest BCUT2D eigenvalue weighted by Gasteiger charge is 2.22. The van der Waals surface area contributed by atoms with Gasteiger partial charge in [-0.25, -0.2) is 4.98 Å². The molecule has 23 heavy (non-hydrogen) atoms. The SMILES string of the molecule is COc1ccnc(N2CCC(COc3ccncc3C)CC2)n1. The van der Waals surface area contributed by atoms with Gasteiger partial charge in [0.05, 0.1) is 13.7 Å². The summed E-state index contributed by atoms with van der Waals surface area (Å²) in [7, 11) is 1.62. The van der Waals surface area contributed by atoms with Crippen molar-refractivity contribution in [2.45, 2.75) is 19.8 Å². The van der Waals surface area contributed by atoms with Crippen LogP contribution in [0.1, 0.15) is 18.4 Å². The van der Waals surface area contributed by atoms with E-state index in [4.69, 9.17) is 9.47 Å². The number of aryl methyl sites for hydroxylation is 1. The van der Waals surface area contributed by atoms with Crippen LogP contribution >= 0.6 is 0 Å². The number of nitrogens with zero attached hydrogens (tertiary/aromatic N) is 4. The zero-order chi connectivity index (χ0) is 16.1. The molecule has 6 heteroatoms. The molecule has 0 atom stereocenters. The van der Waals surface area contributed by atoms with Gasteiger partial charge in [-0.15, -0.1) is 0 Å². The van der Waals surface area contributed by atoms with Crippen molar-refractivity contribution in [2.24, 2.45) is 5.92 Å². The fourth-order valence-corrected chi connectivity index (χ4v) is 2.73. The van der Waals surface area contributed by atoms with E-state index in [1.165, 1.54) is 0 Å². The Hall–Kier alpha value is -2.37. The molecule has 3 heterocycles. The molecule has 3 rings (SSSR count). The van der Waals surface area contributed by atoms with Gasteiger partial charge in [-0.3, -0.25) is 4.98 Å². The second kappa shape index (κ2) is 7.26. The third-order valence-corrected chi connectivity index (χ3v) is 4.17. The van der Waals surface area contributed by atoms with Gasteiger partial charge in [0.15, 0.2) is 0 Å². The van der Waals surface area contributed by atoms with Crippen molar-refractivity contribution in [2.75, 3.05) is 31.7 Å². The van der Waals surface area contributed by atoms with E-state index >= 15 is 0 Å². The number of hydrogen-bond donors (Lipinski definition) is 0. The Morgan fingerprint density at radius 2 is 2.04 bits per heavy atom. The second-order valence-corrected chi connectivity index (χ2v) is 5.78. The van der Waals surface area contributed by atoms with E-state index in [9.17, 15) is 0 Å². The van der Waals surface area contributed by atoms with Crippen molar-refractivity contribution >= 4 is 5.95 Å². The number of rotatable bonds is 5. The molecule has 1 aliphatic heterocycles. The lowest BCUT2D eigenvalue weighted by Crippen LogP contribution is -2.36. The van der Waals surface area contributed by atoms with Gasteiger partial charge in [-0.2, -0.15) is 4.98 Å². The van der Waals surface area contributed by atoms with E-state index in [0.717, 1.165) is 49.8 Å². The lowest BCUT2D eigenvalue weighted by atomic mass is 9.98. The van der Waals surface area contributed by atoms with Crippen LogP contribution < -0.4 is 14.4 Å². The van der Waals surface area contributed by atoms with Crippen LogP contribution in [0.4, 0.5) is 5.95 Å². The summed E-state index contributed by atoms with van der Waals surface area (Å²) in [5, 5.41) is 0. The average molecular weight is 314 g/mol. The topological polar surface area (TPSA) is 60.4 Å². The smallest absolute Gasteiger partial charge is 0.228 e. The first-order valence-electron chi connectivity index (χ1n) is 7.91. The molecule has 1 aliphatic rings. The quantitative estimate of drug-likeness (QED) is 0.845. The van der Waals surface area contributed by atoms with Crippen molar-refractivity contribution in [3.05, 3.63) is 36.3 Å². The van der Waals surface area contributed by atoms with Crippen molar-refractivity contribution in [1.29, 1.82) is 0 Å². The number of piperidine rings is 1. The molecule has 0 saturated carbocycles. The van der Waals surface area contributed by atoms with Crippen LogP contribution in [0.5, 0.6) is 11.6 Å². The molecule has 0 radical (unpaired) electrons. The summed E-state index contributed by atoms with van der Waals surface area (Å²) in [6, 6.07) is 3.69. The molecule has 1 fully saturated rings. The van der Waals surface area contributed by atoms with Crippen molar-refractivity contribution in [1.82, 2.24) is 15.0 Å². The Labute approximate surface area is 136 Å². The molecule has 0 aromatic carbocycles. The van der Waals surface area contributed by atoms with E-state index in [2.05, 4.69) is 19.9 Å². The Bertz CT molecular complexity index is 642. The first kappa shape index (κ1) is 15.5. The van der Waals surface area contributed by atoms with Gasteiger partial charge in [0.1, 0.15) is 5.75 Å². The van der Waals surface area contributed by atoms with Crippen LogP contribution in [0.15, 0.2) is 30.7 Å². The highest BCUT2D eigenvalue weighted by Crippen LogP contribution is 2.23. The molecular weight excluding hydrogens is 292 g/mol. The van der Waals surface area contributed by atoms with E-state index in [1.807, 2.05) is 19.2 Å². The minimum absolute atomic E-state index is 0.560. The molecule has 0 N–H and O–H groups in total. The Kier molecular flexibility index (Phi) is 4.90. The van der Waals surface area contributed by atoms with E-state index in [0.29, 0.717) is 11.8 Å². The van der Waals surface area contributed by atoms with Gasteiger partial charge in [0.2, 0.25) is 11.8 Å². The monoisotopic (exact) mass is 314 g/mol. The molecule has 0 amide bonds. The lowest BCUT2D eigenvalue weighted by Gasteiger charge is -2.31. The van der Waals surface area contributed by atoms with E-state index in [1.54, 1.807) is 25.6 Å². The molecule has 1 saturated heterocycles. The molecule has 2 aromatic rings. The van der Waals surface area contributed by atoms with E-state index < -0.39 is 0 Å². The second-order valence-electron chi connectivity index (χ2n) is 5.78. The standard InChI is InChI=1S/C17H22N4O2/c1-13-11-18-7-3-15(13)23-12-14-5-9-21(10-6-14)17-19-8-4-16(20-17)22-2/h3-4,7-8,11,14H,5-6,9-10,12H2,1-2H3. The molecule has 0 unspecified atom stereocenters. The molecule has 0 aliphatic carbocycles. The van der Waals surface area contributed by atoms with Crippen LogP contribution in [0.2, 0.25) is 0 Å². The zero-order valence-corrected chi connectivity index (χ0v) is 13.6. The van der Waals surface area contributed by atoms with Crippen LogP contribution in [0.25, 0.3) is 0 Å². The number of aromatic nitrogens is 3.